The Morgan fingerprint density at radius 3 is 2.57 bits per heavy atom. The van der Waals surface area contributed by atoms with Crippen molar-refractivity contribution in [1.82, 2.24) is 0 Å². The molecule has 1 atom stereocenters. The Bertz CT molecular complexity index is 185. The Balaban J connectivity index is 3.45. The van der Waals surface area contributed by atoms with Gasteiger partial charge in [0.1, 0.15) is 0 Å². The lowest BCUT2D eigenvalue weighted by Crippen LogP contribution is -2.08. The molecule has 2 nitrogen and oxygen atoms in total. The third-order valence-corrected chi connectivity index (χ3v) is 2.49. The van der Waals surface area contributed by atoms with Crippen molar-refractivity contribution < 1.29 is 9.53 Å². The fourth-order valence-corrected chi connectivity index (χ4v) is 1.05. The van der Waals surface area contributed by atoms with Crippen LogP contribution >= 0.6 is 0 Å². The number of rotatable bonds is 7. The summed E-state index contributed by atoms with van der Waals surface area (Å²) in [6.07, 6.45) is 3.94. The quantitative estimate of drug-likeness (QED) is 0.356. The van der Waals surface area contributed by atoms with Gasteiger partial charge in [-0.3, -0.25) is 0 Å². The second kappa shape index (κ2) is 7.60. The molecule has 1 unspecified atom stereocenters. The van der Waals surface area contributed by atoms with Crippen LogP contribution in [-0.4, -0.2) is 12.6 Å². The number of carbonyl (C=O) groups is 1. The van der Waals surface area contributed by atoms with Gasteiger partial charge in [0.05, 0.1) is 6.61 Å². The van der Waals surface area contributed by atoms with Gasteiger partial charge < -0.3 is 4.74 Å². The lowest BCUT2D eigenvalue weighted by atomic mass is 10.0. The molecule has 0 saturated heterocycles. The summed E-state index contributed by atoms with van der Waals surface area (Å²) in [6, 6.07) is 0. The van der Waals surface area contributed by atoms with E-state index in [0.29, 0.717) is 18.6 Å². The van der Waals surface area contributed by atoms with Crippen molar-refractivity contribution in [2.24, 2.45) is 5.92 Å². The Morgan fingerprint density at radius 1 is 1.43 bits per heavy atom. The minimum atomic E-state index is -0.239. The van der Waals surface area contributed by atoms with E-state index in [2.05, 4.69) is 20.4 Å². The first-order valence-corrected chi connectivity index (χ1v) is 5.46. The lowest BCUT2D eigenvalue weighted by Gasteiger charge is -2.08. The molecule has 0 amide bonds. The van der Waals surface area contributed by atoms with Crippen molar-refractivity contribution in [2.75, 3.05) is 6.61 Å². The maximum Gasteiger partial charge on any atom is 0.333 e. The summed E-state index contributed by atoms with van der Waals surface area (Å²) in [5.74, 6) is 0.486. The predicted molar refractivity (Wildman–Crippen MR) is 59.1 cm³/mol. The Kier molecular flexibility index (Phi) is 7.17. The van der Waals surface area contributed by atoms with E-state index in [1.165, 1.54) is 6.42 Å². The molecule has 0 spiro atoms. The SMILES string of the molecule is C=C(CC)C(=O)OCCCC(C)CC. The maximum absolute atomic E-state index is 11.2. The number of ether oxygens (including phenoxy) is 1. The van der Waals surface area contributed by atoms with Crippen LogP contribution in [0.25, 0.3) is 0 Å². The minimum Gasteiger partial charge on any atom is -0.462 e. The van der Waals surface area contributed by atoms with Crippen LogP contribution in [0.5, 0.6) is 0 Å². The first kappa shape index (κ1) is 13.2. The molecule has 0 rings (SSSR count). The molecule has 0 aromatic carbocycles. The molecule has 0 aliphatic carbocycles. The van der Waals surface area contributed by atoms with Crippen LogP contribution in [0, 0.1) is 5.92 Å². The Hall–Kier alpha value is -0.790. The average Bonchev–Trinajstić information content (AvgIpc) is 2.22. The van der Waals surface area contributed by atoms with Gasteiger partial charge in [0.25, 0.3) is 0 Å². The molecular weight excluding hydrogens is 176 g/mol. The van der Waals surface area contributed by atoms with Crippen molar-refractivity contribution >= 4 is 5.97 Å². The highest BCUT2D eigenvalue weighted by atomic mass is 16.5. The molecule has 0 aromatic heterocycles. The van der Waals surface area contributed by atoms with E-state index in [9.17, 15) is 4.79 Å². The third kappa shape index (κ3) is 5.79. The molecule has 0 radical (unpaired) electrons. The van der Waals surface area contributed by atoms with Crippen LogP contribution in [-0.2, 0) is 9.53 Å². The molecule has 0 aromatic rings. The highest BCUT2D eigenvalue weighted by Gasteiger charge is 2.05. The number of hydrogen-bond acceptors (Lipinski definition) is 2. The third-order valence-electron chi connectivity index (χ3n) is 2.49. The number of carbonyl (C=O) groups excluding carboxylic acids is 1. The van der Waals surface area contributed by atoms with Crippen molar-refractivity contribution in [3.05, 3.63) is 12.2 Å². The van der Waals surface area contributed by atoms with Crippen LogP contribution < -0.4 is 0 Å². The Morgan fingerprint density at radius 2 is 2.07 bits per heavy atom. The van der Waals surface area contributed by atoms with Gasteiger partial charge >= 0.3 is 5.97 Å². The largest absolute Gasteiger partial charge is 0.462 e. The van der Waals surface area contributed by atoms with Crippen LogP contribution in [0.2, 0.25) is 0 Å². The first-order valence-electron chi connectivity index (χ1n) is 5.46. The van der Waals surface area contributed by atoms with Gasteiger partial charge in [-0.1, -0.05) is 33.8 Å². The summed E-state index contributed by atoms with van der Waals surface area (Å²) in [5.41, 5.74) is 0.563. The predicted octanol–water partition coefficient (Wildman–Crippen LogP) is 3.32. The van der Waals surface area contributed by atoms with Gasteiger partial charge in [-0.25, -0.2) is 4.79 Å². The maximum atomic E-state index is 11.2. The summed E-state index contributed by atoms with van der Waals surface area (Å²) >= 11 is 0. The molecule has 2 heteroatoms. The minimum absolute atomic E-state index is 0.239. The standard InChI is InChI=1S/C12H22O2/c1-5-10(3)8-7-9-14-12(13)11(4)6-2/h10H,4-9H2,1-3H3. The second-order valence-electron chi connectivity index (χ2n) is 3.75. The van der Waals surface area contributed by atoms with E-state index in [0.717, 1.165) is 18.8 Å². The highest BCUT2D eigenvalue weighted by molar-refractivity contribution is 5.87. The monoisotopic (exact) mass is 198 g/mol. The second-order valence-corrected chi connectivity index (χ2v) is 3.75. The molecule has 0 fully saturated rings. The van der Waals surface area contributed by atoms with Crippen LogP contribution in [0.4, 0.5) is 0 Å². The molecule has 0 aliphatic heterocycles. The van der Waals surface area contributed by atoms with Gasteiger partial charge in [0, 0.05) is 5.57 Å². The van der Waals surface area contributed by atoms with Gasteiger partial charge in [0.15, 0.2) is 0 Å². The molecule has 0 N–H and O–H groups in total. The fraction of sp³-hybridized carbons (Fsp3) is 0.750. The zero-order valence-electron chi connectivity index (χ0n) is 9.64. The van der Waals surface area contributed by atoms with E-state index in [1.54, 1.807) is 0 Å². The molecule has 0 heterocycles. The zero-order valence-corrected chi connectivity index (χ0v) is 9.64. The van der Waals surface area contributed by atoms with E-state index in [-0.39, 0.29) is 5.97 Å². The zero-order chi connectivity index (χ0) is 11.0. The summed E-state index contributed by atoms with van der Waals surface area (Å²) in [6.45, 7) is 10.5. The number of hydrogen-bond donors (Lipinski definition) is 0. The first-order chi connectivity index (χ1) is 6.61. The van der Waals surface area contributed by atoms with Crippen molar-refractivity contribution in [2.45, 2.75) is 46.5 Å². The van der Waals surface area contributed by atoms with Crippen molar-refractivity contribution in [3.63, 3.8) is 0 Å². The lowest BCUT2D eigenvalue weighted by molar-refractivity contribution is -0.139. The summed E-state index contributed by atoms with van der Waals surface area (Å²) in [4.78, 5) is 11.2. The van der Waals surface area contributed by atoms with E-state index in [4.69, 9.17) is 4.74 Å². The molecule has 14 heavy (non-hydrogen) atoms. The molecule has 0 bridgehead atoms. The van der Waals surface area contributed by atoms with Crippen LogP contribution in [0.15, 0.2) is 12.2 Å². The smallest absolute Gasteiger partial charge is 0.333 e. The summed E-state index contributed by atoms with van der Waals surface area (Å²) < 4.78 is 5.05. The summed E-state index contributed by atoms with van der Waals surface area (Å²) in [5, 5.41) is 0. The molecular formula is C12H22O2. The average molecular weight is 198 g/mol. The van der Waals surface area contributed by atoms with Gasteiger partial charge in [0.2, 0.25) is 0 Å². The van der Waals surface area contributed by atoms with Gasteiger partial charge in [-0.15, -0.1) is 0 Å². The molecule has 0 saturated carbocycles. The fourth-order valence-electron chi connectivity index (χ4n) is 1.05. The summed E-state index contributed by atoms with van der Waals surface area (Å²) in [7, 11) is 0. The van der Waals surface area contributed by atoms with Gasteiger partial charge in [-0.05, 0) is 25.2 Å². The number of esters is 1. The van der Waals surface area contributed by atoms with E-state index < -0.39 is 0 Å². The topological polar surface area (TPSA) is 26.3 Å². The van der Waals surface area contributed by atoms with E-state index in [1.807, 2.05) is 6.92 Å². The normalized spacial score (nSPS) is 12.2. The van der Waals surface area contributed by atoms with Crippen molar-refractivity contribution in [1.29, 1.82) is 0 Å². The molecule has 0 aliphatic rings. The highest BCUT2D eigenvalue weighted by Crippen LogP contribution is 2.09. The molecule has 82 valence electrons. The van der Waals surface area contributed by atoms with Crippen molar-refractivity contribution in [3.8, 4) is 0 Å². The van der Waals surface area contributed by atoms with Crippen LogP contribution in [0.3, 0.4) is 0 Å². The van der Waals surface area contributed by atoms with E-state index >= 15 is 0 Å². The van der Waals surface area contributed by atoms with Crippen LogP contribution in [0.1, 0.15) is 46.5 Å². The van der Waals surface area contributed by atoms with Gasteiger partial charge in [-0.2, -0.15) is 0 Å². The Labute approximate surface area is 87.3 Å².